The first-order chi connectivity index (χ1) is 4.90. The highest BCUT2D eigenvalue weighted by molar-refractivity contribution is 4.90. The monoisotopic (exact) mass is 140 g/mol. The van der Waals surface area contributed by atoms with Gasteiger partial charge in [-0.1, -0.05) is 6.92 Å². The molecule has 0 spiro atoms. The minimum absolute atomic E-state index is 0.972. The number of fused-ring (bicyclic) bond motifs is 1. The highest BCUT2D eigenvalue weighted by atomic mass is 15.2. The molecule has 2 fully saturated rings. The molecule has 2 rings (SSSR count). The minimum Gasteiger partial charge on any atom is -0.316 e. The Morgan fingerprint density at radius 2 is 1.90 bits per heavy atom. The Bertz CT molecular complexity index is 112. The molecule has 0 radical (unpaired) electrons. The lowest BCUT2D eigenvalue weighted by atomic mass is 10.0. The Hall–Kier alpha value is -0.0800. The number of hydrogen-bond donors (Lipinski definition) is 1. The molecule has 2 saturated heterocycles. The van der Waals surface area contributed by atoms with Gasteiger partial charge in [0.25, 0.3) is 0 Å². The van der Waals surface area contributed by atoms with Gasteiger partial charge >= 0.3 is 0 Å². The summed E-state index contributed by atoms with van der Waals surface area (Å²) < 4.78 is 0. The molecule has 0 saturated carbocycles. The standard InChI is InChI=1S/C8H16N2/c1-2-10-5-7-3-9-4-8(7)6-10/h7-9H,2-6H2,1H3/t7-,8-/m1/s1. The lowest BCUT2D eigenvalue weighted by Gasteiger charge is -2.12. The van der Waals surface area contributed by atoms with E-state index in [0.29, 0.717) is 0 Å². The van der Waals surface area contributed by atoms with E-state index in [9.17, 15) is 0 Å². The molecule has 0 aromatic carbocycles. The van der Waals surface area contributed by atoms with Gasteiger partial charge in [0, 0.05) is 13.1 Å². The summed E-state index contributed by atoms with van der Waals surface area (Å²) in [6.07, 6.45) is 0. The van der Waals surface area contributed by atoms with Gasteiger partial charge in [-0.25, -0.2) is 0 Å². The van der Waals surface area contributed by atoms with E-state index in [1.807, 2.05) is 0 Å². The second-order valence-corrected chi connectivity index (χ2v) is 3.53. The third-order valence-electron chi connectivity index (χ3n) is 2.91. The average Bonchev–Trinajstić information content (AvgIpc) is 2.42. The fraction of sp³-hybridized carbons (Fsp3) is 1.00. The van der Waals surface area contributed by atoms with Gasteiger partial charge in [0.1, 0.15) is 0 Å². The average molecular weight is 140 g/mol. The van der Waals surface area contributed by atoms with Crippen molar-refractivity contribution in [2.45, 2.75) is 6.92 Å². The van der Waals surface area contributed by atoms with Crippen LogP contribution in [-0.4, -0.2) is 37.6 Å². The third kappa shape index (κ3) is 0.956. The Labute approximate surface area is 62.6 Å². The second kappa shape index (κ2) is 2.51. The summed E-state index contributed by atoms with van der Waals surface area (Å²) in [7, 11) is 0. The fourth-order valence-corrected chi connectivity index (χ4v) is 2.21. The maximum atomic E-state index is 3.44. The number of likely N-dealkylation sites (tertiary alicyclic amines) is 1. The Balaban J connectivity index is 1.94. The number of hydrogen-bond acceptors (Lipinski definition) is 2. The van der Waals surface area contributed by atoms with Gasteiger partial charge in [-0.3, -0.25) is 0 Å². The van der Waals surface area contributed by atoms with E-state index in [1.165, 1.54) is 32.7 Å². The molecule has 0 unspecified atom stereocenters. The van der Waals surface area contributed by atoms with Crippen LogP contribution in [0.2, 0.25) is 0 Å². The topological polar surface area (TPSA) is 15.3 Å². The molecule has 2 aliphatic rings. The van der Waals surface area contributed by atoms with Crippen LogP contribution < -0.4 is 5.32 Å². The zero-order valence-electron chi connectivity index (χ0n) is 6.64. The first kappa shape index (κ1) is 6.62. The molecular formula is C8H16N2. The molecule has 0 bridgehead atoms. The first-order valence-electron chi connectivity index (χ1n) is 4.33. The van der Waals surface area contributed by atoms with E-state index < -0.39 is 0 Å². The molecule has 58 valence electrons. The van der Waals surface area contributed by atoms with Crippen LogP contribution in [0, 0.1) is 11.8 Å². The summed E-state index contributed by atoms with van der Waals surface area (Å²) in [4.78, 5) is 2.57. The lowest BCUT2D eigenvalue weighted by Crippen LogP contribution is -2.25. The largest absolute Gasteiger partial charge is 0.316 e. The van der Waals surface area contributed by atoms with Crippen molar-refractivity contribution in [2.75, 3.05) is 32.7 Å². The molecule has 1 N–H and O–H groups in total. The van der Waals surface area contributed by atoms with Gasteiger partial charge in [-0.05, 0) is 31.5 Å². The zero-order chi connectivity index (χ0) is 6.97. The Morgan fingerprint density at radius 3 is 2.40 bits per heavy atom. The molecule has 2 aliphatic heterocycles. The number of nitrogens with one attached hydrogen (secondary N) is 1. The normalized spacial score (nSPS) is 40.5. The van der Waals surface area contributed by atoms with Crippen LogP contribution in [0.5, 0.6) is 0 Å². The molecule has 2 nitrogen and oxygen atoms in total. The van der Waals surface area contributed by atoms with Gasteiger partial charge in [0.05, 0.1) is 0 Å². The maximum absolute atomic E-state index is 3.44. The third-order valence-corrected chi connectivity index (χ3v) is 2.91. The van der Waals surface area contributed by atoms with Crippen LogP contribution in [-0.2, 0) is 0 Å². The van der Waals surface area contributed by atoms with Crippen molar-refractivity contribution < 1.29 is 0 Å². The van der Waals surface area contributed by atoms with Crippen LogP contribution in [0.3, 0.4) is 0 Å². The van der Waals surface area contributed by atoms with Crippen LogP contribution in [0.4, 0.5) is 0 Å². The Kier molecular flexibility index (Phi) is 1.66. The molecule has 2 heteroatoms. The van der Waals surface area contributed by atoms with Crippen molar-refractivity contribution in [2.24, 2.45) is 11.8 Å². The summed E-state index contributed by atoms with van der Waals surface area (Å²) in [5, 5.41) is 3.44. The van der Waals surface area contributed by atoms with E-state index in [2.05, 4.69) is 17.1 Å². The van der Waals surface area contributed by atoms with Crippen molar-refractivity contribution >= 4 is 0 Å². The first-order valence-corrected chi connectivity index (χ1v) is 4.33. The van der Waals surface area contributed by atoms with Crippen molar-refractivity contribution in [3.8, 4) is 0 Å². The summed E-state index contributed by atoms with van der Waals surface area (Å²) in [5.41, 5.74) is 0. The molecule has 0 aliphatic carbocycles. The van der Waals surface area contributed by atoms with E-state index in [0.717, 1.165) is 11.8 Å². The highest BCUT2D eigenvalue weighted by Crippen LogP contribution is 2.25. The van der Waals surface area contributed by atoms with Crippen LogP contribution in [0.25, 0.3) is 0 Å². The molecule has 0 amide bonds. The fourth-order valence-electron chi connectivity index (χ4n) is 2.21. The van der Waals surface area contributed by atoms with Crippen LogP contribution in [0.15, 0.2) is 0 Å². The van der Waals surface area contributed by atoms with E-state index >= 15 is 0 Å². The maximum Gasteiger partial charge on any atom is 0.00254 e. The summed E-state index contributed by atoms with van der Waals surface area (Å²) in [5.74, 6) is 1.94. The second-order valence-electron chi connectivity index (χ2n) is 3.53. The molecule has 2 atom stereocenters. The molecule has 2 heterocycles. The van der Waals surface area contributed by atoms with Gasteiger partial charge in [-0.15, -0.1) is 0 Å². The highest BCUT2D eigenvalue weighted by Gasteiger charge is 2.34. The zero-order valence-corrected chi connectivity index (χ0v) is 6.64. The number of nitrogens with zero attached hydrogens (tertiary/aromatic N) is 1. The van der Waals surface area contributed by atoms with E-state index in [-0.39, 0.29) is 0 Å². The summed E-state index contributed by atoms with van der Waals surface area (Å²) in [6, 6.07) is 0. The van der Waals surface area contributed by atoms with Crippen molar-refractivity contribution in [3.05, 3.63) is 0 Å². The molecule has 0 aromatic rings. The predicted octanol–water partition coefficient (Wildman–Crippen LogP) is 0.158. The SMILES string of the molecule is CCN1C[C@H]2CNC[C@@H]2C1. The van der Waals surface area contributed by atoms with Crippen LogP contribution in [0.1, 0.15) is 6.92 Å². The van der Waals surface area contributed by atoms with Crippen molar-refractivity contribution in [3.63, 3.8) is 0 Å². The molecular weight excluding hydrogens is 124 g/mol. The van der Waals surface area contributed by atoms with Crippen LogP contribution >= 0.6 is 0 Å². The summed E-state index contributed by atoms with van der Waals surface area (Å²) >= 11 is 0. The van der Waals surface area contributed by atoms with Crippen molar-refractivity contribution in [1.29, 1.82) is 0 Å². The van der Waals surface area contributed by atoms with Gasteiger partial charge < -0.3 is 10.2 Å². The minimum atomic E-state index is 0.972. The van der Waals surface area contributed by atoms with E-state index in [1.54, 1.807) is 0 Å². The number of rotatable bonds is 1. The summed E-state index contributed by atoms with van der Waals surface area (Å²) in [6.45, 7) is 8.71. The lowest BCUT2D eigenvalue weighted by molar-refractivity contribution is 0.330. The Morgan fingerprint density at radius 1 is 1.30 bits per heavy atom. The van der Waals surface area contributed by atoms with Crippen molar-refractivity contribution in [1.82, 2.24) is 10.2 Å². The smallest absolute Gasteiger partial charge is 0.00254 e. The van der Waals surface area contributed by atoms with Gasteiger partial charge in [-0.2, -0.15) is 0 Å². The van der Waals surface area contributed by atoms with Gasteiger partial charge in [0.2, 0.25) is 0 Å². The molecule has 0 aromatic heterocycles. The molecule has 10 heavy (non-hydrogen) atoms. The van der Waals surface area contributed by atoms with Gasteiger partial charge in [0.15, 0.2) is 0 Å². The quantitative estimate of drug-likeness (QED) is 0.558. The van der Waals surface area contributed by atoms with E-state index in [4.69, 9.17) is 0 Å². The predicted molar refractivity (Wildman–Crippen MR) is 42.0 cm³/mol.